The molecule has 2 bridgehead atoms. The molecule has 41 heavy (non-hydrogen) atoms. The number of nitrogens with one attached hydrogen (secondary N) is 3. The van der Waals surface area contributed by atoms with Gasteiger partial charge in [-0.2, -0.15) is 0 Å². The Morgan fingerprint density at radius 2 is 1.78 bits per heavy atom. The van der Waals surface area contributed by atoms with E-state index < -0.39 is 6.04 Å². The van der Waals surface area contributed by atoms with Crippen molar-refractivity contribution in [2.75, 3.05) is 42.6 Å². The first-order chi connectivity index (χ1) is 20.0. The van der Waals surface area contributed by atoms with Crippen LogP contribution < -0.4 is 21.7 Å². The van der Waals surface area contributed by atoms with Gasteiger partial charge in [0.2, 0.25) is 11.8 Å². The first kappa shape index (κ1) is 27.2. The molecule has 3 aromatic rings. The number of amides is 2. The number of likely N-dealkylation sites (tertiary alicyclic amines) is 1. The molecule has 3 atom stereocenters. The minimum absolute atomic E-state index is 0.0985. The van der Waals surface area contributed by atoms with Crippen molar-refractivity contribution >= 4 is 35.0 Å². The number of nitrogens with zero attached hydrogens (tertiary/aromatic N) is 1. The molecule has 8 nitrogen and oxygen atoms in total. The van der Waals surface area contributed by atoms with Crippen molar-refractivity contribution in [2.24, 2.45) is 0 Å². The van der Waals surface area contributed by atoms with Crippen LogP contribution in [0.5, 0.6) is 0 Å². The first-order valence-corrected chi connectivity index (χ1v) is 14.5. The predicted octanol–water partition coefficient (Wildman–Crippen LogP) is 4.54. The highest BCUT2D eigenvalue weighted by atomic mass is 16.5. The van der Waals surface area contributed by atoms with Crippen molar-refractivity contribution in [3.8, 4) is 0 Å². The average Bonchev–Trinajstić information content (AvgIpc) is 3.62. The summed E-state index contributed by atoms with van der Waals surface area (Å²) in [5.41, 5.74) is 10.9. The Balaban J connectivity index is 1.11. The summed E-state index contributed by atoms with van der Waals surface area (Å²) in [6.45, 7) is 3.32. The summed E-state index contributed by atoms with van der Waals surface area (Å²) >= 11 is 0. The zero-order valence-electron chi connectivity index (χ0n) is 23.1. The smallest absolute Gasteiger partial charge is 0.248 e. The molecular formula is C33H37N5O3. The van der Waals surface area contributed by atoms with Gasteiger partial charge in [-0.3, -0.25) is 14.5 Å². The Bertz CT molecular complexity index is 1400. The summed E-state index contributed by atoms with van der Waals surface area (Å²) in [5.74, 6) is 0.314. The highest BCUT2D eigenvalue weighted by Crippen LogP contribution is 2.40. The van der Waals surface area contributed by atoms with Crippen molar-refractivity contribution in [1.29, 1.82) is 0 Å². The van der Waals surface area contributed by atoms with Crippen LogP contribution in [0.3, 0.4) is 0 Å². The second-order valence-electron chi connectivity index (χ2n) is 11.2. The molecule has 0 aromatic heterocycles. The van der Waals surface area contributed by atoms with E-state index in [4.69, 9.17) is 10.5 Å². The van der Waals surface area contributed by atoms with Gasteiger partial charge in [-0.15, -0.1) is 0 Å². The van der Waals surface area contributed by atoms with E-state index in [0.29, 0.717) is 36.0 Å². The predicted molar refractivity (Wildman–Crippen MR) is 162 cm³/mol. The monoisotopic (exact) mass is 551 g/mol. The topological polar surface area (TPSA) is 109 Å². The average molecular weight is 552 g/mol. The molecule has 0 radical (unpaired) electrons. The molecule has 2 amide bonds. The van der Waals surface area contributed by atoms with Crippen LogP contribution in [0.2, 0.25) is 0 Å². The molecule has 2 heterocycles. The van der Waals surface area contributed by atoms with E-state index in [0.717, 1.165) is 42.9 Å². The zero-order valence-corrected chi connectivity index (χ0v) is 23.1. The van der Waals surface area contributed by atoms with Gasteiger partial charge >= 0.3 is 0 Å². The summed E-state index contributed by atoms with van der Waals surface area (Å²) in [5, 5.41) is 9.39. The molecule has 212 valence electrons. The number of nitrogens with two attached hydrogens (primary N) is 1. The van der Waals surface area contributed by atoms with Crippen LogP contribution >= 0.6 is 0 Å². The zero-order chi connectivity index (χ0) is 28.2. The summed E-state index contributed by atoms with van der Waals surface area (Å²) < 4.78 is 5.73. The summed E-state index contributed by atoms with van der Waals surface area (Å²) in [4.78, 5) is 28.4. The Hall–Kier alpha value is -3.98. The third-order valence-corrected chi connectivity index (χ3v) is 8.17. The van der Waals surface area contributed by atoms with Crippen LogP contribution in [0.4, 0.5) is 17.1 Å². The Morgan fingerprint density at radius 1 is 1.00 bits per heavy atom. The third-order valence-electron chi connectivity index (χ3n) is 8.17. The second kappa shape index (κ2) is 12.3. The molecule has 1 saturated carbocycles. The number of ether oxygens (including phenoxy) is 1. The van der Waals surface area contributed by atoms with Gasteiger partial charge in [-0.25, -0.2) is 0 Å². The summed E-state index contributed by atoms with van der Waals surface area (Å²) in [7, 11) is 0. The quantitative estimate of drug-likeness (QED) is 0.206. The Kier molecular flexibility index (Phi) is 8.14. The number of morpholine rings is 1. The van der Waals surface area contributed by atoms with Crippen molar-refractivity contribution in [1.82, 2.24) is 10.2 Å². The number of para-hydroxylation sites is 2. The van der Waals surface area contributed by atoms with Crippen molar-refractivity contribution in [2.45, 2.75) is 43.4 Å². The van der Waals surface area contributed by atoms with Gasteiger partial charge in [0.25, 0.3) is 0 Å². The van der Waals surface area contributed by atoms with Crippen LogP contribution in [0.1, 0.15) is 47.9 Å². The third kappa shape index (κ3) is 6.85. The molecule has 2 saturated heterocycles. The Morgan fingerprint density at radius 3 is 2.46 bits per heavy atom. The molecule has 8 heteroatoms. The normalized spacial score (nSPS) is 20.8. The van der Waals surface area contributed by atoms with Crippen LogP contribution in [0.25, 0.3) is 6.08 Å². The molecule has 6 rings (SSSR count). The van der Waals surface area contributed by atoms with Crippen LogP contribution in [0.15, 0.2) is 78.9 Å². The minimum Gasteiger partial charge on any atom is -0.397 e. The molecule has 1 unspecified atom stereocenters. The molecule has 3 aliphatic rings. The first-order valence-electron chi connectivity index (χ1n) is 14.5. The number of carbonyl (C=O) groups excluding carboxylic acids is 2. The van der Waals surface area contributed by atoms with Gasteiger partial charge in [0, 0.05) is 37.4 Å². The molecular weight excluding hydrogens is 514 g/mol. The molecule has 5 N–H and O–H groups in total. The second-order valence-corrected chi connectivity index (χ2v) is 11.2. The maximum atomic E-state index is 13.5. The maximum absolute atomic E-state index is 13.5. The lowest BCUT2D eigenvalue weighted by Gasteiger charge is -2.27. The van der Waals surface area contributed by atoms with Crippen LogP contribution in [-0.4, -0.2) is 55.1 Å². The van der Waals surface area contributed by atoms with Crippen molar-refractivity contribution in [3.63, 3.8) is 0 Å². The highest BCUT2D eigenvalue weighted by molar-refractivity contribution is 6.03. The fourth-order valence-corrected chi connectivity index (χ4v) is 5.69. The fraction of sp³-hybridized carbons (Fsp3) is 0.333. The molecule has 0 spiro atoms. The van der Waals surface area contributed by atoms with Gasteiger partial charge in [-0.05, 0) is 72.2 Å². The Labute approximate surface area is 240 Å². The maximum Gasteiger partial charge on any atom is 0.248 e. The van der Waals surface area contributed by atoms with E-state index in [-0.39, 0.29) is 11.8 Å². The lowest BCUT2D eigenvalue weighted by Crippen LogP contribution is -2.43. The molecule has 3 fully saturated rings. The fourth-order valence-electron chi connectivity index (χ4n) is 5.69. The van der Waals surface area contributed by atoms with Gasteiger partial charge < -0.3 is 26.4 Å². The molecule has 3 aromatic carbocycles. The van der Waals surface area contributed by atoms with Crippen LogP contribution in [0, 0.1) is 0 Å². The number of hydrogen-bond donors (Lipinski definition) is 4. The summed E-state index contributed by atoms with van der Waals surface area (Å²) in [6, 6.07) is 23.0. The van der Waals surface area contributed by atoms with E-state index in [1.165, 1.54) is 24.5 Å². The highest BCUT2D eigenvalue weighted by Gasteiger charge is 2.38. The lowest BCUT2D eigenvalue weighted by atomic mass is 10.0. The number of carbonyl (C=O) groups is 2. The van der Waals surface area contributed by atoms with Crippen molar-refractivity contribution < 1.29 is 14.3 Å². The van der Waals surface area contributed by atoms with Gasteiger partial charge in [0.1, 0.15) is 6.04 Å². The number of hydrogen-bond acceptors (Lipinski definition) is 6. The van der Waals surface area contributed by atoms with Gasteiger partial charge in [-0.1, -0.05) is 48.5 Å². The number of anilines is 3. The van der Waals surface area contributed by atoms with E-state index >= 15 is 0 Å². The number of nitrogen functional groups attached to an aromatic ring is 1. The minimum atomic E-state index is -0.517. The van der Waals surface area contributed by atoms with E-state index in [1.54, 1.807) is 18.2 Å². The standard InChI is InChI=1S/C33H37N5O3/c34-29-3-1-2-4-30(29)37-31(39)16-7-22-5-8-25(9-6-22)32(35-17-18-38-20-28-19-27(38)21-41-28)33(40)36-26-14-12-24(13-15-26)23-10-11-23/h1-9,12-16,23,27-28,32,35H,10-11,17-21,34H2,(H,36,40)(H,37,39)/b16-7+/t27-,28-,32?/m1/s1. The largest absolute Gasteiger partial charge is 0.397 e. The SMILES string of the molecule is Nc1ccccc1NC(=O)/C=C/c1ccc(C(NCCN2C[C@H]3C[C@@H]2CO3)C(=O)Nc2ccc(C3CC3)cc2)cc1. The number of rotatable bonds is 11. The van der Waals surface area contributed by atoms with Gasteiger partial charge in [0.15, 0.2) is 0 Å². The van der Waals surface area contributed by atoms with Gasteiger partial charge in [0.05, 0.1) is 24.1 Å². The molecule has 2 aliphatic heterocycles. The summed E-state index contributed by atoms with van der Waals surface area (Å²) in [6.07, 6.45) is 7.17. The number of fused-ring (bicyclic) bond motifs is 2. The van der Waals surface area contributed by atoms with Crippen LogP contribution in [-0.2, 0) is 14.3 Å². The van der Waals surface area contributed by atoms with E-state index in [9.17, 15) is 9.59 Å². The number of benzene rings is 3. The van der Waals surface area contributed by atoms with E-state index in [1.807, 2.05) is 48.5 Å². The lowest BCUT2D eigenvalue weighted by molar-refractivity contribution is -0.118. The molecule has 1 aliphatic carbocycles. The van der Waals surface area contributed by atoms with E-state index in [2.05, 4.69) is 33.0 Å². The van der Waals surface area contributed by atoms with Crippen molar-refractivity contribution in [3.05, 3.63) is 95.6 Å².